The monoisotopic (exact) mass is 286 g/mol. The number of aryl methyl sites for hydroxylation is 3. The lowest BCUT2D eigenvalue weighted by Crippen LogP contribution is -2.19. The van der Waals surface area contributed by atoms with Crippen LogP contribution in [0.5, 0.6) is 0 Å². The van der Waals surface area contributed by atoms with Crippen molar-refractivity contribution in [1.82, 2.24) is 0 Å². The minimum Gasteiger partial charge on any atom is -0.300 e. The number of carbonyl (C=O) groups excluding carboxylic acids is 3. The normalized spacial score (nSPS) is 21.9. The van der Waals surface area contributed by atoms with Gasteiger partial charge in [-0.05, 0) is 43.9 Å². The van der Waals surface area contributed by atoms with E-state index in [4.69, 9.17) is 0 Å². The Morgan fingerprint density at radius 1 is 1.24 bits per heavy atom. The van der Waals surface area contributed by atoms with Gasteiger partial charge in [0.15, 0.2) is 5.78 Å². The predicted octanol–water partition coefficient (Wildman–Crippen LogP) is 3.09. The molecule has 0 heterocycles. The number of Topliss-reactive ketones (excluding diaryl/α,β-unsaturated/α-hetero) is 3. The van der Waals surface area contributed by atoms with Crippen molar-refractivity contribution >= 4 is 17.3 Å². The molecule has 1 fully saturated rings. The molecule has 2 rings (SSSR count). The first kappa shape index (κ1) is 15.6. The molecular weight excluding hydrogens is 264 g/mol. The highest BCUT2D eigenvalue weighted by Crippen LogP contribution is 2.37. The summed E-state index contributed by atoms with van der Waals surface area (Å²) in [5.74, 6) is -1.22. The minimum atomic E-state index is -0.662. The predicted molar refractivity (Wildman–Crippen MR) is 81.5 cm³/mol. The molecule has 3 nitrogen and oxygen atoms in total. The maximum Gasteiger partial charge on any atom is 0.151 e. The summed E-state index contributed by atoms with van der Waals surface area (Å²) in [6, 6.07) is 4.08. The van der Waals surface area contributed by atoms with Crippen LogP contribution in [0.15, 0.2) is 12.1 Å². The van der Waals surface area contributed by atoms with Crippen molar-refractivity contribution in [2.45, 2.75) is 52.9 Å². The molecule has 0 spiro atoms. The molecule has 21 heavy (non-hydrogen) atoms. The Balaban J connectivity index is 2.45. The molecule has 2 atom stereocenters. The second-order valence-corrected chi connectivity index (χ2v) is 6.12. The topological polar surface area (TPSA) is 51.2 Å². The quantitative estimate of drug-likeness (QED) is 0.799. The third kappa shape index (κ3) is 2.97. The van der Waals surface area contributed by atoms with Crippen LogP contribution < -0.4 is 0 Å². The number of hydrogen-bond donors (Lipinski definition) is 0. The zero-order valence-electron chi connectivity index (χ0n) is 13.2. The number of rotatable bonds is 4. The summed E-state index contributed by atoms with van der Waals surface area (Å²) < 4.78 is 0. The second-order valence-electron chi connectivity index (χ2n) is 6.12. The van der Waals surface area contributed by atoms with Gasteiger partial charge in [-0.1, -0.05) is 24.6 Å². The molecule has 2 unspecified atom stereocenters. The van der Waals surface area contributed by atoms with Crippen LogP contribution in [-0.2, 0) is 20.8 Å². The van der Waals surface area contributed by atoms with Crippen LogP contribution in [0.25, 0.3) is 0 Å². The van der Waals surface area contributed by atoms with E-state index in [1.54, 1.807) is 0 Å². The standard InChI is InChI=1S/C18H22O3/c1-5-13-7-10(2)6-11(3)16(13)17-15(20)9-14(18(17)21)8-12(4)19/h6-7,14,17H,5,8-9H2,1-4H3. The lowest BCUT2D eigenvalue weighted by Gasteiger charge is -2.17. The van der Waals surface area contributed by atoms with E-state index in [9.17, 15) is 14.4 Å². The molecule has 3 heteroatoms. The zero-order valence-corrected chi connectivity index (χ0v) is 13.2. The van der Waals surface area contributed by atoms with Crippen LogP contribution >= 0.6 is 0 Å². The van der Waals surface area contributed by atoms with Crippen LogP contribution in [-0.4, -0.2) is 17.3 Å². The number of carbonyl (C=O) groups is 3. The van der Waals surface area contributed by atoms with Crippen molar-refractivity contribution in [2.24, 2.45) is 5.92 Å². The van der Waals surface area contributed by atoms with E-state index in [-0.39, 0.29) is 30.2 Å². The highest BCUT2D eigenvalue weighted by Gasteiger charge is 2.43. The Morgan fingerprint density at radius 3 is 2.48 bits per heavy atom. The van der Waals surface area contributed by atoms with E-state index in [1.807, 2.05) is 26.8 Å². The van der Waals surface area contributed by atoms with E-state index in [1.165, 1.54) is 6.92 Å². The summed E-state index contributed by atoms with van der Waals surface area (Å²) >= 11 is 0. The molecule has 0 radical (unpaired) electrons. The molecule has 1 aliphatic carbocycles. The Hall–Kier alpha value is -1.77. The van der Waals surface area contributed by atoms with E-state index in [0.29, 0.717) is 0 Å². The summed E-state index contributed by atoms with van der Waals surface area (Å²) in [5, 5.41) is 0. The van der Waals surface area contributed by atoms with Gasteiger partial charge in [0, 0.05) is 18.8 Å². The molecule has 0 aliphatic heterocycles. The summed E-state index contributed by atoms with van der Waals surface area (Å²) in [7, 11) is 0. The Kier molecular flexibility index (Phi) is 4.40. The lowest BCUT2D eigenvalue weighted by molar-refractivity contribution is -0.127. The van der Waals surface area contributed by atoms with Gasteiger partial charge in [0.1, 0.15) is 17.5 Å². The lowest BCUT2D eigenvalue weighted by atomic mass is 9.85. The first-order valence-electron chi connectivity index (χ1n) is 7.51. The van der Waals surface area contributed by atoms with Crippen molar-refractivity contribution in [3.63, 3.8) is 0 Å². The van der Waals surface area contributed by atoms with Crippen molar-refractivity contribution in [3.8, 4) is 0 Å². The van der Waals surface area contributed by atoms with Gasteiger partial charge in [0.2, 0.25) is 0 Å². The summed E-state index contributed by atoms with van der Waals surface area (Å²) in [6.07, 6.45) is 1.19. The average Bonchev–Trinajstić information content (AvgIpc) is 2.64. The number of ketones is 3. The highest BCUT2D eigenvalue weighted by atomic mass is 16.2. The Bertz CT molecular complexity index is 613. The first-order valence-corrected chi connectivity index (χ1v) is 7.51. The van der Waals surface area contributed by atoms with Gasteiger partial charge in [-0.15, -0.1) is 0 Å². The van der Waals surface area contributed by atoms with Gasteiger partial charge >= 0.3 is 0 Å². The fourth-order valence-electron chi connectivity index (χ4n) is 3.45. The second kappa shape index (κ2) is 5.92. The van der Waals surface area contributed by atoms with E-state index < -0.39 is 11.8 Å². The third-order valence-electron chi connectivity index (χ3n) is 4.28. The maximum atomic E-state index is 12.6. The van der Waals surface area contributed by atoms with E-state index in [0.717, 1.165) is 28.7 Å². The first-order chi connectivity index (χ1) is 9.85. The maximum absolute atomic E-state index is 12.6. The molecule has 0 saturated heterocycles. The average molecular weight is 286 g/mol. The molecule has 0 N–H and O–H groups in total. The Labute approximate surface area is 125 Å². The summed E-state index contributed by atoms with van der Waals surface area (Å²) in [6.45, 7) is 7.49. The molecule has 1 saturated carbocycles. The van der Waals surface area contributed by atoms with Gasteiger partial charge in [0.05, 0.1) is 0 Å². The minimum absolute atomic E-state index is 0.0295. The van der Waals surface area contributed by atoms with E-state index in [2.05, 4.69) is 6.07 Å². The largest absolute Gasteiger partial charge is 0.300 e. The van der Waals surface area contributed by atoms with Crippen LogP contribution in [0.1, 0.15) is 54.9 Å². The molecule has 1 aliphatic rings. The third-order valence-corrected chi connectivity index (χ3v) is 4.28. The van der Waals surface area contributed by atoms with Crippen LogP contribution in [0, 0.1) is 19.8 Å². The highest BCUT2D eigenvalue weighted by molar-refractivity contribution is 6.15. The number of benzene rings is 1. The van der Waals surface area contributed by atoms with Gasteiger partial charge in [0.25, 0.3) is 0 Å². The SMILES string of the molecule is CCc1cc(C)cc(C)c1C1C(=O)CC(CC(C)=O)C1=O. The molecular formula is C18H22O3. The van der Waals surface area contributed by atoms with Crippen molar-refractivity contribution in [1.29, 1.82) is 0 Å². The van der Waals surface area contributed by atoms with Gasteiger partial charge < -0.3 is 4.79 Å². The summed E-state index contributed by atoms with van der Waals surface area (Å²) in [4.78, 5) is 36.2. The van der Waals surface area contributed by atoms with Gasteiger partial charge in [-0.25, -0.2) is 0 Å². The fraction of sp³-hybridized carbons (Fsp3) is 0.500. The summed E-state index contributed by atoms with van der Waals surface area (Å²) in [5.41, 5.74) is 4.10. The fourth-order valence-corrected chi connectivity index (χ4v) is 3.45. The molecule has 1 aromatic rings. The Morgan fingerprint density at radius 2 is 1.90 bits per heavy atom. The molecule has 112 valence electrons. The van der Waals surface area contributed by atoms with Gasteiger partial charge in [-0.3, -0.25) is 9.59 Å². The molecule has 0 bridgehead atoms. The van der Waals surface area contributed by atoms with Crippen LogP contribution in [0.4, 0.5) is 0 Å². The number of hydrogen-bond acceptors (Lipinski definition) is 3. The molecule has 0 amide bonds. The van der Waals surface area contributed by atoms with Crippen molar-refractivity contribution < 1.29 is 14.4 Å². The molecule has 0 aromatic heterocycles. The van der Waals surface area contributed by atoms with Crippen molar-refractivity contribution in [2.75, 3.05) is 0 Å². The van der Waals surface area contributed by atoms with Crippen LogP contribution in [0.3, 0.4) is 0 Å². The van der Waals surface area contributed by atoms with E-state index >= 15 is 0 Å². The smallest absolute Gasteiger partial charge is 0.151 e. The molecule has 1 aromatic carbocycles. The van der Waals surface area contributed by atoms with Crippen LogP contribution in [0.2, 0.25) is 0 Å². The zero-order chi connectivity index (χ0) is 15.7. The van der Waals surface area contributed by atoms with Crippen molar-refractivity contribution in [3.05, 3.63) is 34.4 Å². The van der Waals surface area contributed by atoms with Gasteiger partial charge in [-0.2, -0.15) is 0 Å².